The topological polar surface area (TPSA) is 77.8 Å². The van der Waals surface area contributed by atoms with Crippen molar-refractivity contribution in [2.24, 2.45) is 11.8 Å². The molecule has 1 N–H and O–H groups in total. The molecule has 0 saturated heterocycles. The number of dihydropyridines is 1. The third-order valence-corrected chi connectivity index (χ3v) is 5.95. The number of nitrogens with one attached hydrogen (secondary N) is 1. The van der Waals surface area contributed by atoms with Crippen LogP contribution in [0.2, 0.25) is 10.0 Å². The number of carbonyl (C=O) groups is 2. The fourth-order valence-electron chi connectivity index (χ4n) is 3.80. The SMILES string of the molecule is CC1=C(C(=O)OCC(C)C)C(c2ccc(-c3ccc(Cl)cc3Cl)o2)C(C(=O)OCC(C)C)=C(C)N1. The van der Waals surface area contributed by atoms with Crippen molar-refractivity contribution in [2.45, 2.75) is 47.5 Å². The van der Waals surface area contributed by atoms with E-state index in [1.54, 1.807) is 44.2 Å². The Morgan fingerprint density at radius 1 is 0.914 bits per heavy atom. The Balaban J connectivity index is 2.09. The van der Waals surface area contributed by atoms with E-state index < -0.39 is 17.9 Å². The first kappa shape index (κ1) is 26.9. The van der Waals surface area contributed by atoms with Crippen molar-refractivity contribution in [3.05, 3.63) is 68.7 Å². The van der Waals surface area contributed by atoms with Gasteiger partial charge in [-0.1, -0.05) is 50.9 Å². The van der Waals surface area contributed by atoms with Gasteiger partial charge in [-0.3, -0.25) is 0 Å². The van der Waals surface area contributed by atoms with E-state index >= 15 is 0 Å². The maximum Gasteiger partial charge on any atom is 0.336 e. The summed E-state index contributed by atoms with van der Waals surface area (Å²) >= 11 is 12.4. The molecule has 0 amide bonds. The van der Waals surface area contributed by atoms with Gasteiger partial charge in [0, 0.05) is 22.0 Å². The maximum atomic E-state index is 13.2. The fourth-order valence-corrected chi connectivity index (χ4v) is 4.30. The normalized spacial score (nSPS) is 14.6. The third kappa shape index (κ3) is 6.30. The highest BCUT2D eigenvalue weighted by Gasteiger charge is 2.40. The molecule has 35 heavy (non-hydrogen) atoms. The van der Waals surface area contributed by atoms with Gasteiger partial charge < -0.3 is 19.2 Å². The summed E-state index contributed by atoms with van der Waals surface area (Å²) in [6, 6.07) is 8.59. The van der Waals surface area contributed by atoms with Crippen LogP contribution in [0.3, 0.4) is 0 Å². The van der Waals surface area contributed by atoms with Gasteiger partial charge in [0.2, 0.25) is 0 Å². The van der Waals surface area contributed by atoms with E-state index in [1.165, 1.54) is 0 Å². The molecule has 8 heteroatoms. The number of halogens is 2. The monoisotopic (exact) mass is 519 g/mol. The molecule has 1 aromatic carbocycles. The minimum absolute atomic E-state index is 0.157. The van der Waals surface area contributed by atoms with Gasteiger partial charge in [-0.25, -0.2) is 9.59 Å². The van der Waals surface area contributed by atoms with Gasteiger partial charge in [-0.2, -0.15) is 0 Å². The van der Waals surface area contributed by atoms with E-state index in [0.717, 1.165) is 0 Å². The third-order valence-electron chi connectivity index (χ3n) is 5.40. The standard InChI is InChI=1S/C27H31Cl2NO5/c1-14(2)12-33-26(31)23-16(5)30-17(6)24(27(32)34-13-15(3)4)25(23)22-10-9-21(35-22)19-8-7-18(28)11-20(19)29/h7-11,14-15,25,30H,12-13H2,1-6H3. The second-order valence-electron chi connectivity index (χ2n) is 9.45. The van der Waals surface area contributed by atoms with Crippen LogP contribution in [0, 0.1) is 11.8 Å². The van der Waals surface area contributed by atoms with Crippen molar-refractivity contribution in [1.82, 2.24) is 5.32 Å². The molecule has 188 valence electrons. The smallest absolute Gasteiger partial charge is 0.336 e. The zero-order valence-electron chi connectivity index (χ0n) is 20.8. The van der Waals surface area contributed by atoms with Crippen LogP contribution < -0.4 is 5.32 Å². The van der Waals surface area contributed by atoms with Gasteiger partial charge in [0.05, 0.1) is 35.3 Å². The van der Waals surface area contributed by atoms with Gasteiger partial charge in [0.15, 0.2) is 0 Å². The lowest BCUT2D eigenvalue weighted by atomic mass is 9.83. The number of furan rings is 1. The molecular formula is C27H31Cl2NO5. The lowest BCUT2D eigenvalue weighted by molar-refractivity contribution is -0.141. The molecule has 1 aliphatic rings. The minimum atomic E-state index is -0.810. The summed E-state index contributed by atoms with van der Waals surface area (Å²) in [6.45, 7) is 11.9. The average molecular weight is 520 g/mol. The molecule has 0 bridgehead atoms. The number of allylic oxidation sites excluding steroid dienone is 2. The number of hydrogen-bond acceptors (Lipinski definition) is 6. The molecule has 0 fully saturated rings. The highest BCUT2D eigenvalue weighted by Crippen LogP contribution is 2.42. The van der Waals surface area contributed by atoms with Crippen molar-refractivity contribution in [3.63, 3.8) is 0 Å². The Bertz CT molecular complexity index is 1130. The molecule has 3 rings (SSSR count). The largest absolute Gasteiger partial charge is 0.462 e. The summed E-state index contributed by atoms with van der Waals surface area (Å²) in [7, 11) is 0. The zero-order chi connectivity index (χ0) is 25.9. The summed E-state index contributed by atoms with van der Waals surface area (Å²) in [6.07, 6.45) is 0. The first-order valence-corrected chi connectivity index (χ1v) is 12.3. The summed E-state index contributed by atoms with van der Waals surface area (Å²) < 4.78 is 17.3. The van der Waals surface area contributed by atoms with Crippen LogP contribution in [0.25, 0.3) is 11.3 Å². The molecule has 0 saturated carbocycles. The van der Waals surface area contributed by atoms with E-state index in [-0.39, 0.29) is 25.0 Å². The highest BCUT2D eigenvalue weighted by molar-refractivity contribution is 6.36. The van der Waals surface area contributed by atoms with Gasteiger partial charge in [0.25, 0.3) is 0 Å². The lowest BCUT2D eigenvalue weighted by Crippen LogP contribution is -2.33. The molecule has 2 heterocycles. The van der Waals surface area contributed by atoms with Gasteiger partial charge in [0.1, 0.15) is 11.5 Å². The predicted molar refractivity (Wildman–Crippen MR) is 137 cm³/mol. The number of carbonyl (C=O) groups excluding carboxylic acids is 2. The first-order valence-electron chi connectivity index (χ1n) is 11.6. The quantitative estimate of drug-likeness (QED) is 0.382. The van der Waals surface area contributed by atoms with Crippen molar-refractivity contribution in [3.8, 4) is 11.3 Å². The van der Waals surface area contributed by atoms with E-state index in [0.29, 0.717) is 49.7 Å². The molecule has 0 radical (unpaired) electrons. The van der Waals surface area contributed by atoms with Crippen molar-refractivity contribution < 1.29 is 23.5 Å². The number of hydrogen-bond donors (Lipinski definition) is 1. The zero-order valence-corrected chi connectivity index (χ0v) is 22.3. The van der Waals surface area contributed by atoms with E-state index in [4.69, 9.17) is 37.1 Å². The van der Waals surface area contributed by atoms with Gasteiger partial charge in [-0.05, 0) is 56.0 Å². The molecule has 1 aromatic heterocycles. The van der Waals surface area contributed by atoms with E-state index in [1.807, 2.05) is 27.7 Å². The first-order chi connectivity index (χ1) is 16.5. The Labute approximate surface area is 216 Å². The average Bonchev–Trinajstić information content (AvgIpc) is 3.24. The Kier molecular flexibility index (Phi) is 8.73. The number of ether oxygens (including phenoxy) is 2. The van der Waals surface area contributed by atoms with E-state index in [2.05, 4.69) is 5.32 Å². The van der Waals surface area contributed by atoms with Crippen LogP contribution in [-0.2, 0) is 19.1 Å². The van der Waals surface area contributed by atoms with E-state index in [9.17, 15) is 9.59 Å². The highest BCUT2D eigenvalue weighted by atomic mass is 35.5. The summed E-state index contributed by atoms with van der Waals surface area (Å²) in [5.41, 5.74) is 2.42. The van der Waals surface area contributed by atoms with Crippen LogP contribution in [0.5, 0.6) is 0 Å². The number of rotatable bonds is 8. The van der Waals surface area contributed by atoms with Crippen molar-refractivity contribution in [1.29, 1.82) is 0 Å². The second kappa shape index (κ2) is 11.4. The van der Waals surface area contributed by atoms with Crippen molar-refractivity contribution in [2.75, 3.05) is 13.2 Å². The number of esters is 2. The molecule has 0 spiro atoms. The summed E-state index contributed by atoms with van der Waals surface area (Å²) in [5, 5.41) is 4.08. The molecule has 0 atom stereocenters. The van der Waals surface area contributed by atoms with Crippen molar-refractivity contribution >= 4 is 35.1 Å². The van der Waals surface area contributed by atoms with Crippen LogP contribution in [-0.4, -0.2) is 25.2 Å². The molecule has 0 unspecified atom stereocenters. The van der Waals surface area contributed by atoms with Crippen LogP contribution in [0.15, 0.2) is 57.3 Å². The fraction of sp³-hybridized carbons (Fsp3) is 0.407. The number of benzene rings is 1. The Morgan fingerprint density at radius 3 is 1.94 bits per heavy atom. The minimum Gasteiger partial charge on any atom is -0.462 e. The maximum absolute atomic E-state index is 13.2. The predicted octanol–water partition coefficient (Wildman–Crippen LogP) is 6.89. The molecular weight excluding hydrogens is 489 g/mol. The molecule has 0 aliphatic carbocycles. The Hall–Kier alpha value is -2.70. The molecule has 6 nitrogen and oxygen atoms in total. The molecule has 2 aromatic rings. The Morgan fingerprint density at radius 2 is 1.46 bits per heavy atom. The van der Waals surface area contributed by atoms with Gasteiger partial charge in [-0.15, -0.1) is 0 Å². The van der Waals surface area contributed by atoms with Gasteiger partial charge >= 0.3 is 11.9 Å². The van der Waals surface area contributed by atoms with Crippen LogP contribution in [0.4, 0.5) is 0 Å². The summed E-state index contributed by atoms with van der Waals surface area (Å²) in [4.78, 5) is 26.5. The summed E-state index contributed by atoms with van der Waals surface area (Å²) in [5.74, 6) is -0.639. The van der Waals surface area contributed by atoms with Crippen LogP contribution >= 0.6 is 23.2 Å². The second-order valence-corrected chi connectivity index (χ2v) is 10.3. The molecule has 1 aliphatic heterocycles. The van der Waals surface area contributed by atoms with Crippen LogP contribution in [0.1, 0.15) is 53.2 Å². The lowest BCUT2D eigenvalue weighted by Gasteiger charge is -2.29.